The normalized spacial score (nSPS) is 23.1. The summed E-state index contributed by atoms with van der Waals surface area (Å²) in [6.07, 6.45) is 5.45. The van der Waals surface area contributed by atoms with Crippen LogP contribution in [0.15, 0.2) is 27.7 Å². The van der Waals surface area contributed by atoms with Crippen molar-refractivity contribution in [2.24, 2.45) is 0 Å². The minimum Gasteiger partial charge on any atom is -0.374 e. The van der Waals surface area contributed by atoms with Crippen LogP contribution in [-0.4, -0.2) is 45.7 Å². The van der Waals surface area contributed by atoms with Crippen LogP contribution < -0.4 is 5.56 Å². The molecule has 1 aliphatic heterocycles. The van der Waals surface area contributed by atoms with Gasteiger partial charge in [-0.15, -0.1) is 0 Å². The summed E-state index contributed by atoms with van der Waals surface area (Å²) in [5, 5.41) is 0.157. The fraction of sp³-hybridized carbons (Fsp3) is 0.500. The lowest BCUT2D eigenvalue weighted by molar-refractivity contribution is -0.150. The summed E-state index contributed by atoms with van der Waals surface area (Å²) < 4.78 is 21.5. The van der Waals surface area contributed by atoms with Crippen LogP contribution in [0.2, 0.25) is 0 Å². The molecule has 138 valence electrons. The molecule has 4 rings (SSSR count). The Labute approximate surface area is 158 Å². The maximum absolute atomic E-state index is 14.0. The molecule has 2 heterocycles. The first-order valence-electron chi connectivity index (χ1n) is 8.80. The van der Waals surface area contributed by atoms with E-state index in [1.807, 2.05) is 4.90 Å². The van der Waals surface area contributed by atoms with Crippen molar-refractivity contribution in [2.45, 2.75) is 44.4 Å². The van der Waals surface area contributed by atoms with Crippen molar-refractivity contribution in [1.29, 1.82) is 0 Å². The van der Waals surface area contributed by atoms with Gasteiger partial charge in [0.2, 0.25) is 5.91 Å². The van der Waals surface area contributed by atoms with E-state index in [1.54, 1.807) is 0 Å². The number of ether oxygens (including phenoxy) is 1. The molecule has 2 aliphatic rings. The summed E-state index contributed by atoms with van der Waals surface area (Å²) in [5.41, 5.74) is -0.405. The molecule has 0 unspecified atom stereocenters. The highest BCUT2D eigenvalue weighted by atomic mass is 79.9. The molecule has 1 saturated heterocycles. The Morgan fingerprint density at radius 1 is 1.35 bits per heavy atom. The maximum atomic E-state index is 14.0. The smallest absolute Gasteiger partial charge is 0.261 e. The van der Waals surface area contributed by atoms with Crippen LogP contribution >= 0.6 is 15.9 Å². The van der Waals surface area contributed by atoms with Gasteiger partial charge in [-0.2, -0.15) is 0 Å². The quantitative estimate of drug-likeness (QED) is 0.743. The number of carbonyl (C=O) groups is 1. The molecule has 0 bridgehead atoms. The average molecular weight is 424 g/mol. The van der Waals surface area contributed by atoms with Crippen molar-refractivity contribution in [1.82, 2.24) is 14.5 Å². The highest BCUT2D eigenvalue weighted by Crippen LogP contribution is 2.28. The standard InChI is InChI=1S/C18H19BrFN3O3/c19-11-7-12-17(13(20)8-11)21-10-22(18(12)25)9-16(24)23-5-6-26-15-4-2-1-3-14(15)23/h7-8,10,14-15H,1-6,9H2/t14-,15-/m0/s1. The molecule has 1 amide bonds. The van der Waals surface area contributed by atoms with Crippen LogP contribution in [0, 0.1) is 5.82 Å². The lowest BCUT2D eigenvalue weighted by Gasteiger charge is -2.43. The Hall–Kier alpha value is -1.80. The zero-order valence-electron chi connectivity index (χ0n) is 14.2. The number of aromatic nitrogens is 2. The van der Waals surface area contributed by atoms with Gasteiger partial charge in [0.25, 0.3) is 5.56 Å². The second kappa shape index (κ2) is 7.08. The monoisotopic (exact) mass is 423 g/mol. The highest BCUT2D eigenvalue weighted by molar-refractivity contribution is 9.10. The third kappa shape index (κ3) is 3.16. The molecular weight excluding hydrogens is 405 g/mol. The third-order valence-electron chi connectivity index (χ3n) is 5.20. The third-order valence-corrected chi connectivity index (χ3v) is 5.66. The van der Waals surface area contributed by atoms with E-state index in [9.17, 15) is 14.0 Å². The van der Waals surface area contributed by atoms with Crippen LogP contribution in [-0.2, 0) is 16.1 Å². The largest absolute Gasteiger partial charge is 0.374 e. The summed E-state index contributed by atoms with van der Waals surface area (Å²) in [6.45, 7) is 0.963. The van der Waals surface area contributed by atoms with E-state index in [-0.39, 0.29) is 35.5 Å². The molecule has 0 spiro atoms. The van der Waals surface area contributed by atoms with Gasteiger partial charge in [0.1, 0.15) is 12.1 Å². The molecule has 8 heteroatoms. The van der Waals surface area contributed by atoms with Crippen molar-refractivity contribution in [3.05, 3.63) is 39.1 Å². The number of benzene rings is 1. The number of nitrogens with zero attached hydrogens (tertiary/aromatic N) is 3. The van der Waals surface area contributed by atoms with Gasteiger partial charge in [-0.25, -0.2) is 9.37 Å². The van der Waals surface area contributed by atoms with Gasteiger partial charge >= 0.3 is 0 Å². The van der Waals surface area contributed by atoms with Gasteiger partial charge in [0, 0.05) is 11.0 Å². The van der Waals surface area contributed by atoms with E-state index >= 15 is 0 Å². The van der Waals surface area contributed by atoms with Gasteiger partial charge in [0.05, 0.1) is 30.5 Å². The molecule has 1 aromatic carbocycles. The lowest BCUT2D eigenvalue weighted by Crippen LogP contribution is -2.55. The molecule has 1 aliphatic carbocycles. The first-order valence-corrected chi connectivity index (χ1v) is 9.59. The first kappa shape index (κ1) is 17.6. The highest BCUT2D eigenvalue weighted by Gasteiger charge is 2.36. The maximum Gasteiger partial charge on any atom is 0.261 e. The molecule has 2 atom stereocenters. The van der Waals surface area contributed by atoms with Gasteiger partial charge < -0.3 is 9.64 Å². The Morgan fingerprint density at radius 3 is 3.00 bits per heavy atom. The fourth-order valence-electron chi connectivity index (χ4n) is 3.95. The molecule has 2 fully saturated rings. The summed E-state index contributed by atoms with van der Waals surface area (Å²) in [4.78, 5) is 31.4. The Bertz CT molecular complexity index is 914. The lowest BCUT2D eigenvalue weighted by atomic mass is 9.90. The number of morpholine rings is 1. The summed E-state index contributed by atoms with van der Waals surface area (Å²) in [5.74, 6) is -0.688. The first-order chi connectivity index (χ1) is 12.5. The number of rotatable bonds is 2. The van der Waals surface area contributed by atoms with Crippen LogP contribution in [0.4, 0.5) is 4.39 Å². The minimum absolute atomic E-state index is 0.0145. The van der Waals surface area contributed by atoms with Gasteiger partial charge in [0.15, 0.2) is 5.82 Å². The van der Waals surface area contributed by atoms with Crippen LogP contribution in [0.3, 0.4) is 0 Å². The van der Waals surface area contributed by atoms with E-state index in [4.69, 9.17) is 4.74 Å². The second-order valence-electron chi connectivity index (χ2n) is 6.81. The summed E-state index contributed by atoms with van der Waals surface area (Å²) in [6, 6.07) is 2.88. The van der Waals surface area contributed by atoms with Gasteiger partial charge in [-0.3, -0.25) is 14.2 Å². The zero-order chi connectivity index (χ0) is 18.3. The Morgan fingerprint density at radius 2 is 2.15 bits per heavy atom. The SMILES string of the molecule is O=C(Cn1cnc2c(F)cc(Br)cc2c1=O)N1CCO[C@H]2CCCC[C@@H]21. The van der Waals surface area contributed by atoms with E-state index in [2.05, 4.69) is 20.9 Å². The number of amides is 1. The van der Waals surface area contributed by atoms with E-state index in [0.717, 1.165) is 25.7 Å². The number of halogens is 2. The molecular formula is C18H19BrFN3O3. The Balaban J connectivity index is 1.61. The average Bonchev–Trinajstić information content (AvgIpc) is 2.64. The number of hydrogen-bond acceptors (Lipinski definition) is 4. The molecule has 0 radical (unpaired) electrons. The van der Waals surface area contributed by atoms with Crippen molar-refractivity contribution in [2.75, 3.05) is 13.2 Å². The molecule has 1 saturated carbocycles. The zero-order valence-corrected chi connectivity index (χ0v) is 15.7. The van der Waals surface area contributed by atoms with Crippen LogP contribution in [0.25, 0.3) is 10.9 Å². The predicted molar refractivity (Wildman–Crippen MR) is 97.4 cm³/mol. The molecule has 1 aromatic heterocycles. The van der Waals surface area contributed by atoms with Crippen molar-refractivity contribution >= 4 is 32.7 Å². The number of carbonyl (C=O) groups excluding carboxylic acids is 1. The summed E-state index contributed by atoms with van der Waals surface area (Å²) >= 11 is 3.19. The summed E-state index contributed by atoms with van der Waals surface area (Å²) in [7, 11) is 0. The Kier molecular flexibility index (Phi) is 4.79. The second-order valence-corrected chi connectivity index (χ2v) is 7.73. The molecule has 6 nitrogen and oxygen atoms in total. The van der Waals surface area contributed by atoms with Gasteiger partial charge in [-0.05, 0) is 25.0 Å². The van der Waals surface area contributed by atoms with Gasteiger partial charge in [-0.1, -0.05) is 28.8 Å². The minimum atomic E-state index is -0.567. The van der Waals surface area contributed by atoms with E-state index in [1.165, 1.54) is 23.0 Å². The van der Waals surface area contributed by atoms with Crippen molar-refractivity contribution in [3.8, 4) is 0 Å². The van der Waals surface area contributed by atoms with Crippen LogP contribution in [0.1, 0.15) is 25.7 Å². The molecule has 0 N–H and O–H groups in total. The van der Waals surface area contributed by atoms with Crippen molar-refractivity contribution < 1.29 is 13.9 Å². The number of fused-ring (bicyclic) bond motifs is 2. The van der Waals surface area contributed by atoms with Crippen molar-refractivity contribution in [3.63, 3.8) is 0 Å². The van der Waals surface area contributed by atoms with E-state index < -0.39 is 11.4 Å². The van der Waals surface area contributed by atoms with Crippen LogP contribution in [0.5, 0.6) is 0 Å². The number of hydrogen-bond donors (Lipinski definition) is 0. The molecule has 2 aromatic rings. The predicted octanol–water partition coefficient (Wildman–Crippen LogP) is 2.47. The van der Waals surface area contributed by atoms with E-state index in [0.29, 0.717) is 17.6 Å². The molecule has 26 heavy (non-hydrogen) atoms. The topological polar surface area (TPSA) is 64.4 Å². The fourth-order valence-corrected chi connectivity index (χ4v) is 4.38.